The molecule has 0 bridgehead atoms. The fourth-order valence-electron chi connectivity index (χ4n) is 4.48. The van der Waals surface area contributed by atoms with Crippen LogP contribution in [0.4, 0.5) is 34.1 Å². The standard InChI is InChI=1S/C28H34N6/c1-31(2)23-13-9-11-19-21(15-17-25(27(19)23)33(5)6)29-30-22-16-18-26(34(7)8)28-20(22)12-10-14-24(28)32(3)4/h9-18H,1-8H3. The third kappa shape index (κ3) is 4.12. The Labute approximate surface area is 202 Å². The molecule has 4 aromatic rings. The molecule has 34 heavy (non-hydrogen) atoms. The minimum Gasteiger partial charge on any atom is -0.377 e. The molecule has 0 fully saturated rings. The zero-order chi connectivity index (χ0) is 24.6. The number of rotatable bonds is 6. The summed E-state index contributed by atoms with van der Waals surface area (Å²) in [6.45, 7) is 0. The van der Waals surface area contributed by atoms with Gasteiger partial charge in [0.2, 0.25) is 0 Å². The molecular weight excluding hydrogens is 420 g/mol. The number of hydrogen-bond donors (Lipinski definition) is 0. The summed E-state index contributed by atoms with van der Waals surface area (Å²) in [5.41, 5.74) is 6.37. The van der Waals surface area contributed by atoms with Crippen LogP contribution in [0.15, 0.2) is 70.9 Å². The Balaban J connectivity index is 1.92. The van der Waals surface area contributed by atoms with Crippen molar-refractivity contribution < 1.29 is 0 Å². The van der Waals surface area contributed by atoms with E-state index >= 15 is 0 Å². The molecule has 4 rings (SSSR count). The number of anilines is 4. The van der Waals surface area contributed by atoms with Gasteiger partial charge in [0.15, 0.2) is 0 Å². The zero-order valence-corrected chi connectivity index (χ0v) is 21.5. The lowest BCUT2D eigenvalue weighted by atomic mass is 10.0. The molecule has 0 radical (unpaired) electrons. The average Bonchev–Trinajstić information content (AvgIpc) is 2.80. The van der Waals surface area contributed by atoms with Gasteiger partial charge in [0.25, 0.3) is 0 Å². The SMILES string of the molecule is CN(C)c1cccc2c(N=Nc3ccc(N(C)C)c4c(N(C)C)cccc34)ccc(N(C)C)c12. The average molecular weight is 455 g/mol. The van der Waals surface area contributed by atoms with E-state index < -0.39 is 0 Å². The van der Waals surface area contributed by atoms with Crippen LogP contribution in [-0.2, 0) is 0 Å². The maximum Gasteiger partial charge on any atom is 0.0937 e. The first-order chi connectivity index (χ1) is 16.2. The van der Waals surface area contributed by atoms with Gasteiger partial charge in [-0.25, -0.2) is 0 Å². The van der Waals surface area contributed by atoms with E-state index in [0.29, 0.717) is 0 Å². The number of benzene rings is 4. The number of nitrogens with zero attached hydrogens (tertiary/aromatic N) is 6. The largest absolute Gasteiger partial charge is 0.377 e. The van der Waals surface area contributed by atoms with Crippen LogP contribution in [0, 0.1) is 0 Å². The molecule has 0 heterocycles. The van der Waals surface area contributed by atoms with Crippen LogP contribution in [0.1, 0.15) is 0 Å². The molecule has 0 spiro atoms. The van der Waals surface area contributed by atoms with Gasteiger partial charge in [-0.3, -0.25) is 0 Å². The van der Waals surface area contributed by atoms with Gasteiger partial charge in [-0.1, -0.05) is 24.3 Å². The smallest absolute Gasteiger partial charge is 0.0937 e. The first-order valence-electron chi connectivity index (χ1n) is 11.4. The van der Waals surface area contributed by atoms with Crippen molar-refractivity contribution in [2.75, 3.05) is 76.0 Å². The lowest BCUT2D eigenvalue weighted by molar-refractivity contribution is 1.12. The highest BCUT2D eigenvalue weighted by Gasteiger charge is 2.15. The lowest BCUT2D eigenvalue weighted by Gasteiger charge is -2.22. The molecule has 176 valence electrons. The van der Waals surface area contributed by atoms with Crippen molar-refractivity contribution in [1.82, 2.24) is 0 Å². The molecular formula is C28H34N6. The minimum atomic E-state index is 0.859. The summed E-state index contributed by atoms with van der Waals surface area (Å²) < 4.78 is 0. The van der Waals surface area contributed by atoms with Crippen molar-refractivity contribution in [3.63, 3.8) is 0 Å². The summed E-state index contributed by atoms with van der Waals surface area (Å²) in [5, 5.41) is 14.1. The predicted molar refractivity (Wildman–Crippen MR) is 149 cm³/mol. The molecule has 0 amide bonds. The quantitative estimate of drug-likeness (QED) is 0.305. The monoisotopic (exact) mass is 454 g/mol. The van der Waals surface area contributed by atoms with E-state index in [1.54, 1.807) is 0 Å². The van der Waals surface area contributed by atoms with E-state index in [0.717, 1.165) is 44.9 Å². The van der Waals surface area contributed by atoms with Crippen molar-refractivity contribution in [1.29, 1.82) is 0 Å². The van der Waals surface area contributed by atoms with Crippen LogP contribution in [0.25, 0.3) is 21.5 Å². The summed E-state index contributed by atoms with van der Waals surface area (Å²) in [4.78, 5) is 8.58. The number of hydrogen-bond acceptors (Lipinski definition) is 6. The molecule has 4 aromatic carbocycles. The highest BCUT2D eigenvalue weighted by atomic mass is 15.1. The Bertz CT molecular complexity index is 1230. The van der Waals surface area contributed by atoms with Crippen molar-refractivity contribution in [3.05, 3.63) is 60.7 Å². The van der Waals surface area contributed by atoms with Crippen molar-refractivity contribution in [3.8, 4) is 0 Å². The van der Waals surface area contributed by atoms with Crippen LogP contribution in [0.3, 0.4) is 0 Å². The second-order valence-electron chi connectivity index (χ2n) is 9.38. The van der Waals surface area contributed by atoms with Gasteiger partial charge in [-0.15, -0.1) is 10.2 Å². The molecule has 0 aliphatic heterocycles. The second-order valence-corrected chi connectivity index (χ2v) is 9.38. The third-order valence-electron chi connectivity index (χ3n) is 6.14. The molecule has 0 unspecified atom stereocenters. The topological polar surface area (TPSA) is 37.7 Å². The fraction of sp³-hybridized carbons (Fsp3) is 0.286. The highest BCUT2D eigenvalue weighted by Crippen LogP contribution is 2.42. The van der Waals surface area contributed by atoms with Crippen molar-refractivity contribution in [2.45, 2.75) is 0 Å². The first-order valence-corrected chi connectivity index (χ1v) is 11.4. The Morgan fingerprint density at radius 3 is 1.06 bits per heavy atom. The van der Waals surface area contributed by atoms with E-state index in [9.17, 15) is 0 Å². The fourth-order valence-corrected chi connectivity index (χ4v) is 4.48. The van der Waals surface area contributed by atoms with Crippen molar-refractivity contribution in [2.24, 2.45) is 10.2 Å². The van der Waals surface area contributed by atoms with E-state index in [2.05, 4.69) is 137 Å². The van der Waals surface area contributed by atoms with Gasteiger partial charge in [-0.2, -0.15) is 0 Å². The normalized spacial score (nSPS) is 11.4. The van der Waals surface area contributed by atoms with Gasteiger partial charge in [0.05, 0.1) is 11.4 Å². The van der Waals surface area contributed by atoms with Gasteiger partial charge in [-0.05, 0) is 36.4 Å². The van der Waals surface area contributed by atoms with Gasteiger partial charge < -0.3 is 19.6 Å². The van der Waals surface area contributed by atoms with Gasteiger partial charge in [0, 0.05) is 101 Å². The number of azo groups is 1. The molecule has 6 heteroatoms. The lowest BCUT2D eigenvalue weighted by Crippen LogP contribution is -2.13. The zero-order valence-electron chi connectivity index (χ0n) is 21.5. The van der Waals surface area contributed by atoms with E-state index in [1.165, 1.54) is 10.8 Å². The molecule has 0 aliphatic carbocycles. The summed E-state index contributed by atoms with van der Waals surface area (Å²) in [7, 11) is 16.6. The predicted octanol–water partition coefficient (Wildman–Crippen LogP) is 6.67. The molecule has 0 saturated carbocycles. The molecule has 0 N–H and O–H groups in total. The second kappa shape index (κ2) is 9.21. The van der Waals surface area contributed by atoms with E-state index in [1.807, 2.05) is 0 Å². The maximum absolute atomic E-state index is 4.77. The maximum atomic E-state index is 4.77. The minimum absolute atomic E-state index is 0.859. The first kappa shape index (κ1) is 23.4. The number of fused-ring (bicyclic) bond motifs is 2. The van der Waals surface area contributed by atoms with E-state index in [-0.39, 0.29) is 0 Å². The van der Waals surface area contributed by atoms with Crippen LogP contribution < -0.4 is 19.6 Å². The molecule has 0 atom stereocenters. The third-order valence-corrected chi connectivity index (χ3v) is 6.14. The Morgan fingerprint density at radius 2 is 0.735 bits per heavy atom. The van der Waals surface area contributed by atoms with Crippen LogP contribution >= 0.6 is 0 Å². The molecule has 6 nitrogen and oxygen atoms in total. The molecule has 0 saturated heterocycles. The summed E-state index contributed by atoms with van der Waals surface area (Å²) in [6, 6.07) is 21.1. The van der Waals surface area contributed by atoms with Gasteiger partial charge >= 0.3 is 0 Å². The van der Waals surface area contributed by atoms with Crippen LogP contribution in [0.5, 0.6) is 0 Å². The molecule has 0 aliphatic rings. The summed E-state index contributed by atoms with van der Waals surface area (Å²) in [6.07, 6.45) is 0. The van der Waals surface area contributed by atoms with Crippen LogP contribution in [0.2, 0.25) is 0 Å². The Kier molecular flexibility index (Phi) is 6.33. The summed E-state index contributed by atoms with van der Waals surface area (Å²) in [5.74, 6) is 0. The Hall–Kier alpha value is -3.80. The van der Waals surface area contributed by atoms with Gasteiger partial charge in [0.1, 0.15) is 0 Å². The highest BCUT2D eigenvalue weighted by molar-refractivity contribution is 6.09. The Morgan fingerprint density at radius 1 is 0.412 bits per heavy atom. The molecule has 0 aromatic heterocycles. The van der Waals surface area contributed by atoms with Crippen molar-refractivity contribution >= 4 is 55.7 Å². The summed E-state index contributed by atoms with van der Waals surface area (Å²) >= 11 is 0. The van der Waals surface area contributed by atoms with E-state index in [4.69, 9.17) is 10.2 Å². The van der Waals surface area contributed by atoms with Crippen LogP contribution in [-0.4, -0.2) is 56.4 Å².